The highest BCUT2D eigenvalue weighted by Gasteiger charge is 2.23. The predicted molar refractivity (Wildman–Crippen MR) is 76.0 cm³/mol. The van der Waals surface area contributed by atoms with Crippen molar-refractivity contribution in [2.75, 3.05) is 11.9 Å². The summed E-state index contributed by atoms with van der Waals surface area (Å²) in [4.78, 5) is 27.8. The zero-order chi connectivity index (χ0) is 14.6. The number of nitrogens with zero attached hydrogens (tertiary/aromatic N) is 1. The first-order chi connectivity index (χ1) is 8.86. The van der Waals surface area contributed by atoms with Crippen LogP contribution in [-0.2, 0) is 4.74 Å². The minimum atomic E-state index is -0.547. The lowest BCUT2D eigenvalue weighted by Gasteiger charge is -2.16. The number of Topliss-reactive ketones (excluding diaryl/α,β-unsaturated/α-hetero) is 1. The van der Waals surface area contributed by atoms with E-state index in [4.69, 9.17) is 4.74 Å². The minimum Gasteiger partial charge on any atom is -0.461 e. The molecule has 0 aromatic carbocycles. The number of aromatic nitrogens is 1. The lowest BCUT2D eigenvalue weighted by molar-refractivity contribution is 0.0517. The van der Waals surface area contributed by atoms with Crippen LogP contribution in [0.5, 0.6) is 0 Å². The van der Waals surface area contributed by atoms with Crippen molar-refractivity contribution in [1.29, 1.82) is 0 Å². The van der Waals surface area contributed by atoms with Crippen LogP contribution in [0.4, 0.5) is 5.13 Å². The van der Waals surface area contributed by atoms with Crippen LogP contribution in [-0.4, -0.2) is 29.4 Å². The summed E-state index contributed by atoms with van der Waals surface area (Å²) in [6.07, 6.45) is 0. The van der Waals surface area contributed by atoms with Gasteiger partial charge in [-0.05, 0) is 19.8 Å². The average molecular weight is 284 g/mol. The van der Waals surface area contributed by atoms with Gasteiger partial charge in [0.1, 0.15) is 4.88 Å². The van der Waals surface area contributed by atoms with Crippen LogP contribution in [0.25, 0.3) is 0 Å². The Hall–Kier alpha value is -1.43. The topological polar surface area (TPSA) is 68.3 Å². The highest BCUT2D eigenvalue weighted by atomic mass is 32.1. The number of thiazole rings is 1. The second-order valence-corrected chi connectivity index (χ2v) is 5.65. The number of carbonyl (C=O) groups excluding carboxylic acids is 2. The zero-order valence-corrected chi connectivity index (χ0v) is 12.8. The van der Waals surface area contributed by atoms with Gasteiger partial charge in [-0.15, -0.1) is 0 Å². The molecule has 1 N–H and O–H groups in total. The van der Waals surface area contributed by atoms with Crippen molar-refractivity contribution in [2.45, 2.75) is 40.7 Å². The van der Waals surface area contributed by atoms with Gasteiger partial charge in [-0.25, -0.2) is 9.78 Å². The van der Waals surface area contributed by atoms with E-state index in [0.717, 1.165) is 0 Å². The minimum absolute atomic E-state index is 0.109. The van der Waals surface area contributed by atoms with Crippen LogP contribution in [0, 0.1) is 5.92 Å². The molecule has 1 heterocycles. The number of hydrogen-bond acceptors (Lipinski definition) is 6. The summed E-state index contributed by atoms with van der Waals surface area (Å²) in [5, 5.41) is 3.78. The molecule has 0 saturated heterocycles. The first-order valence-corrected chi connectivity index (χ1v) is 7.13. The van der Waals surface area contributed by atoms with Crippen molar-refractivity contribution < 1.29 is 14.3 Å². The average Bonchev–Trinajstić information content (AvgIpc) is 2.73. The van der Waals surface area contributed by atoms with E-state index in [1.54, 1.807) is 6.92 Å². The lowest BCUT2D eigenvalue weighted by Crippen LogP contribution is -2.21. The largest absolute Gasteiger partial charge is 0.461 e. The van der Waals surface area contributed by atoms with Crippen molar-refractivity contribution in [3.8, 4) is 0 Å². The van der Waals surface area contributed by atoms with Gasteiger partial charge in [0.25, 0.3) is 0 Å². The summed E-state index contributed by atoms with van der Waals surface area (Å²) in [7, 11) is 0. The summed E-state index contributed by atoms with van der Waals surface area (Å²) in [6.45, 7) is 9.61. The van der Waals surface area contributed by atoms with Crippen LogP contribution in [0.3, 0.4) is 0 Å². The van der Waals surface area contributed by atoms with Gasteiger partial charge < -0.3 is 10.1 Å². The van der Waals surface area contributed by atoms with Crippen molar-refractivity contribution in [3.63, 3.8) is 0 Å². The van der Waals surface area contributed by atoms with Gasteiger partial charge in [0, 0.05) is 13.0 Å². The molecule has 0 amide bonds. The Morgan fingerprint density at radius 2 is 2.00 bits per heavy atom. The Morgan fingerprint density at radius 1 is 1.37 bits per heavy atom. The number of ketones is 1. The van der Waals surface area contributed by atoms with Gasteiger partial charge in [-0.3, -0.25) is 4.79 Å². The van der Waals surface area contributed by atoms with Gasteiger partial charge in [0.15, 0.2) is 16.6 Å². The van der Waals surface area contributed by atoms with E-state index in [-0.39, 0.29) is 24.1 Å². The third-order valence-electron chi connectivity index (χ3n) is 2.77. The summed E-state index contributed by atoms with van der Waals surface area (Å²) < 4.78 is 4.91. The van der Waals surface area contributed by atoms with E-state index in [9.17, 15) is 9.59 Å². The maximum absolute atomic E-state index is 11.7. The molecule has 0 spiro atoms. The van der Waals surface area contributed by atoms with Gasteiger partial charge in [0.05, 0.1) is 6.61 Å². The van der Waals surface area contributed by atoms with Crippen LogP contribution >= 0.6 is 11.3 Å². The molecule has 106 valence electrons. The van der Waals surface area contributed by atoms with Crippen LogP contribution in [0.15, 0.2) is 0 Å². The molecule has 0 radical (unpaired) electrons. The van der Waals surface area contributed by atoms with Gasteiger partial charge >= 0.3 is 5.97 Å². The fourth-order valence-corrected chi connectivity index (χ4v) is 2.26. The Kier molecular flexibility index (Phi) is 5.47. The number of nitrogens with one attached hydrogen (secondary N) is 1. The fourth-order valence-electron chi connectivity index (χ4n) is 1.32. The number of anilines is 1. The number of ether oxygens (including phenoxy) is 1. The predicted octanol–water partition coefficient (Wildman–Crippen LogP) is 2.98. The normalized spacial score (nSPS) is 12.3. The Balaban J connectivity index is 3.01. The van der Waals surface area contributed by atoms with Crippen LogP contribution < -0.4 is 5.32 Å². The summed E-state index contributed by atoms with van der Waals surface area (Å²) in [5.74, 6) is -0.296. The first-order valence-electron chi connectivity index (χ1n) is 6.32. The Labute approximate surface area is 117 Å². The Bertz CT molecular complexity index is 468. The molecular weight excluding hydrogens is 264 g/mol. The molecule has 0 aliphatic rings. The molecule has 0 aliphatic heterocycles. The molecule has 1 unspecified atom stereocenters. The fraction of sp³-hybridized carbons (Fsp3) is 0.615. The van der Waals surface area contributed by atoms with Crippen molar-refractivity contribution >= 4 is 28.2 Å². The molecule has 0 bridgehead atoms. The van der Waals surface area contributed by atoms with E-state index in [1.807, 2.05) is 6.92 Å². The first kappa shape index (κ1) is 15.6. The van der Waals surface area contributed by atoms with Crippen molar-refractivity contribution in [2.24, 2.45) is 5.92 Å². The van der Waals surface area contributed by atoms with E-state index in [1.165, 1.54) is 18.3 Å². The Morgan fingerprint density at radius 3 is 2.47 bits per heavy atom. The molecule has 0 saturated carbocycles. The number of esters is 1. The van der Waals surface area contributed by atoms with Crippen molar-refractivity contribution in [1.82, 2.24) is 4.98 Å². The molecule has 6 heteroatoms. The summed E-state index contributed by atoms with van der Waals surface area (Å²) in [6, 6.07) is 0.209. The molecule has 1 aromatic rings. The molecule has 0 aliphatic carbocycles. The molecule has 1 atom stereocenters. The third-order valence-corrected chi connectivity index (χ3v) is 3.85. The van der Waals surface area contributed by atoms with E-state index in [2.05, 4.69) is 24.1 Å². The molecule has 1 rings (SSSR count). The quantitative estimate of drug-likeness (QED) is 0.642. The smallest absolute Gasteiger partial charge is 0.358 e. The lowest BCUT2D eigenvalue weighted by atomic mass is 10.1. The summed E-state index contributed by atoms with van der Waals surface area (Å²) >= 11 is 1.19. The number of rotatable bonds is 6. The van der Waals surface area contributed by atoms with E-state index in [0.29, 0.717) is 15.9 Å². The number of hydrogen-bond donors (Lipinski definition) is 1. The standard InChI is InChI=1S/C13H20N2O3S/c1-6-18-12(17)10-11(9(5)16)19-13(15-10)14-8(4)7(2)3/h7-8H,6H2,1-5H3,(H,14,15). The van der Waals surface area contributed by atoms with E-state index >= 15 is 0 Å². The third kappa shape index (κ3) is 4.02. The van der Waals surface area contributed by atoms with E-state index < -0.39 is 5.97 Å². The molecule has 0 fully saturated rings. The van der Waals surface area contributed by atoms with Crippen molar-refractivity contribution in [3.05, 3.63) is 10.6 Å². The molecule has 5 nitrogen and oxygen atoms in total. The van der Waals surface area contributed by atoms with Crippen LogP contribution in [0.2, 0.25) is 0 Å². The highest BCUT2D eigenvalue weighted by molar-refractivity contribution is 7.17. The number of carbonyl (C=O) groups is 2. The highest BCUT2D eigenvalue weighted by Crippen LogP contribution is 2.25. The SMILES string of the molecule is CCOC(=O)c1nc(NC(C)C(C)C)sc1C(C)=O. The molecule has 1 aromatic heterocycles. The van der Waals surface area contributed by atoms with Crippen LogP contribution in [0.1, 0.15) is 54.8 Å². The second kappa shape index (κ2) is 6.65. The summed E-state index contributed by atoms with van der Waals surface area (Å²) in [5.41, 5.74) is 0.109. The molecular formula is C13H20N2O3S. The second-order valence-electron chi connectivity index (χ2n) is 4.65. The monoisotopic (exact) mass is 284 g/mol. The zero-order valence-electron chi connectivity index (χ0n) is 11.9. The van der Waals surface area contributed by atoms with Gasteiger partial charge in [-0.1, -0.05) is 25.2 Å². The maximum Gasteiger partial charge on any atom is 0.358 e. The van der Waals surface area contributed by atoms with Gasteiger partial charge in [0.2, 0.25) is 0 Å². The molecule has 19 heavy (non-hydrogen) atoms. The van der Waals surface area contributed by atoms with Gasteiger partial charge in [-0.2, -0.15) is 0 Å². The maximum atomic E-state index is 11.7.